The van der Waals surface area contributed by atoms with Gasteiger partial charge in [0.2, 0.25) is 5.91 Å². The molecule has 0 fully saturated rings. The molecular formula is C28H33N5O3S. The van der Waals surface area contributed by atoms with E-state index in [9.17, 15) is 9.00 Å². The molecule has 0 saturated carbocycles. The Hall–Kier alpha value is -3.72. The fourth-order valence-electron chi connectivity index (χ4n) is 3.85. The van der Waals surface area contributed by atoms with E-state index < -0.39 is 9.73 Å². The van der Waals surface area contributed by atoms with Crippen LogP contribution in [0, 0.1) is 11.7 Å². The summed E-state index contributed by atoms with van der Waals surface area (Å²) < 4.78 is 29.3. The molecule has 2 aromatic carbocycles. The Balaban J connectivity index is 1.52. The molecule has 0 aliphatic rings. The number of aromatic nitrogens is 3. The van der Waals surface area contributed by atoms with Crippen LogP contribution in [0.3, 0.4) is 0 Å². The van der Waals surface area contributed by atoms with Crippen molar-refractivity contribution in [2.75, 3.05) is 5.32 Å². The van der Waals surface area contributed by atoms with E-state index in [1.165, 1.54) is 0 Å². The number of anilines is 1. The first-order chi connectivity index (χ1) is 17.3. The zero-order valence-electron chi connectivity index (χ0n) is 22.0. The molecule has 1 amide bonds. The van der Waals surface area contributed by atoms with Gasteiger partial charge >= 0.3 is 0 Å². The number of aryl methyl sites for hydroxylation is 1. The zero-order valence-corrected chi connectivity index (χ0v) is 22.8. The first kappa shape index (κ1) is 26.3. The molecule has 2 N–H and O–H groups in total. The molecule has 0 saturated heterocycles. The fraction of sp³-hybridized carbons (Fsp3) is 0.321. The lowest BCUT2D eigenvalue weighted by Gasteiger charge is -2.18. The van der Waals surface area contributed by atoms with Gasteiger partial charge in [-0.25, -0.2) is 8.99 Å². The van der Waals surface area contributed by atoms with Crippen molar-refractivity contribution in [1.29, 1.82) is 4.78 Å². The second-order valence-electron chi connectivity index (χ2n) is 10.4. The predicted molar refractivity (Wildman–Crippen MR) is 147 cm³/mol. The van der Waals surface area contributed by atoms with E-state index in [-0.39, 0.29) is 23.1 Å². The highest BCUT2D eigenvalue weighted by molar-refractivity contribution is 7.93. The number of pyridine rings is 1. The molecular weight excluding hydrogens is 486 g/mol. The first-order valence-electron chi connectivity index (χ1n) is 12.1. The maximum absolute atomic E-state index is 12.9. The largest absolute Gasteiger partial charge is 0.456 e. The van der Waals surface area contributed by atoms with Gasteiger partial charge in [-0.15, -0.1) is 0 Å². The third-order valence-electron chi connectivity index (χ3n) is 6.06. The third-order valence-corrected chi connectivity index (χ3v) is 8.35. The van der Waals surface area contributed by atoms with Gasteiger partial charge in [0, 0.05) is 27.9 Å². The molecule has 0 aliphatic heterocycles. The Labute approximate surface area is 218 Å². The minimum absolute atomic E-state index is 0.127. The van der Waals surface area contributed by atoms with Crippen molar-refractivity contribution in [1.82, 2.24) is 14.8 Å². The maximum atomic E-state index is 12.9. The quantitative estimate of drug-likeness (QED) is 0.298. The van der Waals surface area contributed by atoms with Crippen LogP contribution in [0.25, 0.3) is 10.9 Å². The molecule has 0 aliphatic carbocycles. The van der Waals surface area contributed by atoms with Crippen LogP contribution < -0.4 is 10.1 Å². The SMILES string of the molecule is Cc1cc(CC(=O)Nc2cnn(C(C)(C)C)c2)ccc1Oc1ccnc2ccc(S(=N)(=O)C(C)C)cc12. The number of carbonyl (C=O) groups excluding carboxylic acids is 1. The van der Waals surface area contributed by atoms with Crippen LogP contribution in [0.15, 0.2) is 66.0 Å². The van der Waals surface area contributed by atoms with E-state index in [1.807, 2.05) is 56.8 Å². The Morgan fingerprint density at radius 2 is 1.89 bits per heavy atom. The van der Waals surface area contributed by atoms with Crippen LogP contribution in [-0.4, -0.2) is 30.1 Å². The van der Waals surface area contributed by atoms with E-state index in [0.717, 1.165) is 11.1 Å². The smallest absolute Gasteiger partial charge is 0.228 e. The minimum atomic E-state index is -2.94. The topological polar surface area (TPSA) is 110 Å². The lowest BCUT2D eigenvalue weighted by Crippen LogP contribution is -2.22. The first-order valence-corrected chi connectivity index (χ1v) is 13.8. The summed E-state index contributed by atoms with van der Waals surface area (Å²) in [6.45, 7) is 11.6. The van der Waals surface area contributed by atoms with Gasteiger partial charge in [-0.3, -0.25) is 14.5 Å². The standard InChI is InChI=1S/C28H33N5O3S/c1-18(2)37(29,35)22-8-9-24-23(15-22)26(11-12-30-24)36-25-10-7-20(13-19(25)3)14-27(34)32-21-16-31-33(17-21)28(4,5)6/h7-13,15-18,29H,14H2,1-6H3,(H,32,34). The second-order valence-corrected chi connectivity index (χ2v) is 13.0. The summed E-state index contributed by atoms with van der Waals surface area (Å²) in [4.78, 5) is 17.5. The van der Waals surface area contributed by atoms with Crippen molar-refractivity contribution in [2.24, 2.45) is 0 Å². The number of nitrogens with zero attached hydrogens (tertiary/aromatic N) is 3. The molecule has 1 unspecified atom stereocenters. The number of fused-ring (bicyclic) bond motifs is 1. The van der Waals surface area contributed by atoms with Gasteiger partial charge in [0.1, 0.15) is 11.5 Å². The van der Waals surface area contributed by atoms with Crippen LogP contribution in [-0.2, 0) is 26.5 Å². The molecule has 2 heterocycles. The Morgan fingerprint density at radius 1 is 1.14 bits per heavy atom. The molecule has 2 aromatic heterocycles. The number of amides is 1. The number of ether oxygens (including phenoxy) is 1. The number of hydrogen-bond acceptors (Lipinski definition) is 6. The molecule has 194 valence electrons. The predicted octanol–water partition coefficient (Wildman–Crippen LogP) is 6.28. The molecule has 0 radical (unpaired) electrons. The number of benzene rings is 2. The molecule has 4 aromatic rings. The van der Waals surface area contributed by atoms with Crippen molar-refractivity contribution in [3.05, 3.63) is 72.2 Å². The van der Waals surface area contributed by atoms with Gasteiger partial charge in [-0.1, -0.05) is 12.1 Å². The van der Waals surface area contributed by atoms with Crippen LogP contribution in [0.4, 0.5) is 5.69 Å². The average Bonchev–Trinajstić information content (AvgIpc) is 3.29. The summed E-state index contributed by atoms with van der Waals surface area (Å²) in [5.41, 5.74) is 2.93. The normalized spacial score (nSPS) is 13.5. The van der Waals surface area contributed by atoms with Crippen LogP contribution in [0.5, 0.6) is 11.5 Å². The van der Waals surface area contributed by atoms with Crippen molar-refractivity contribution in [3.8, 4) is 11.5 Å². The average molecular weight is 520 g/mol. The Morgan fingerprint density at radius 3 is 2.54 bits per heavy atom. The summed E-state index contributed by atoms with van der Waals surface area (Å²) >= 11 is 0. The van der Waals surface area contributed by atoms with Crippen LogP contribution in [0.2, 0.25) is 0 Å². The monoisotopic (exact) mass is 519 g/mol. The molecule has 9 heteroatoms. The van der Waals surface area contributed by atoms with Gasteiger partial charge in [0.25, 0.3) is 0 Å². The van der Waals surface area contributed by atoms with E-state index in [0.29, 0.717) is 33.0 Å². The molecule has 0 bridgehead atoms. The number of rotatable bonds is 7. The highest BCUT2D eigenvalue weighted by Gasteiger charge is 2.18. The Bertz CT molecular complexity index is 1570. The van der Waals surface area contributed by atoms with Crippen molar-refractivity contribution >= 4 is 32.2 Å². The molecule has 8 nitrogen and oxygen atoms in total. The third kappa shape index (κ3) is 5.83. The summed E-state index contributed by atoms with van der Waals surface area (Å²) in [6, 6.07) is 12.6. The number of nitrogens with one attached hydrogen (secondary N) is 2. The summed E-state index contributed by atoms with van der Waals surface area (Å²) in [6.07, 6.45) is 5.35. The van der Waals surface area contributed by atoms with E-state index in [1.54, 1.807) is 50.5 Å². The van der Waals surface area contributed by atoms with Gasteiger partial charge in [-0.2, -0.15) is 5.10 Å². The second kappa shape index (κ2) is 9.97. The summed E-state index contributed by atoms with van der Waals surface area (Å²) in [7, 11) is -2.94. The van der Waals surface area contributed by atoms with Gasteiger partial charge < -0.3 is 10.1 Å². The van der Waals surface area contributed by atoms with E-state index >= 15 is 0 Å². The maximum Gasteiger partial charge on any atom is 0.228 e. The van der Waals surface area contributed by atoms with Gasteiger partial charge in [0.15, 0.2) is 0 Å². The van der Waals surface area contributed by atoms with E-state index in [4.69, 9.17) is 9.52 Å². The van der Waals surface area contributed by atoms with Crippen molar-refractivity contribution < 1.29 is 13.7 Å². The Kier molecular flexibility index (Phi) is 7.10. The van der Waals surface area contributed by atoms with Gasteiger partial charge in [-0.05, 0) is 83.0 Å². The summed E-state index contributed by atoms with van der Waals surface area (Å²) in [5, 5.41) is 7.60. The molecule has 4 rings (SSSR count). The van der Waals surface area contributed by atoms with Crippen molar-refractivity contribution in [3.63, 3.8) is 0 Å². The molecule has 37 heavy (non-hydrogen) atoms. The van der Waals surface area contributed by atoms with Crippen LogP contribution in [0.1, 0.15) is 45.7 Å². The van der Waals surface area contributed by atoms with Crippen LogP contribution >= 0.6 is 0 Å². The molecule has 0 spiro atoms. The summed E-state index contributed by atoms with van der Waals surface area (Å²) in [5.74, 6) is 1.08. The van der Waals surface area contributed by atoms with E-state index in [2.05, 4.69) is 15.4 Å². The van der Waals surface area contributed by atoms with Crippen molar-refractivity contribution in [2.45, 2.75) is 63.6 Å². The fourth-order valence-corrected chi connectivity index (χ4v) is 4.96. The minimum Gasteiger partial charge on any atom is -0.456 e. The van der Waals surface area contributed by atoms with Gasteiger partial charge in [0.05, 0.1) is 39.1 Å². The molecule has 1 atom stereocenters. The highest BCUT2D eigenvalue weighted by atomic mass is 32.2. The lowest BCUT2D eigenvalue weighted by atomic mass is 10.1. The number of carbonyl (C=O) groups is 1. The number of hydrogen-bond donors (Lipinski definition) is 2. The highest BCUT2D eigenvalue weighted by Crippen LogP contribution is 2.33. The lowest BCUT2D eigenvalue weighted by molar-refractivity contribution is -0.115. The zero-order chi connectivity index (χ0) is 27.0.